The third-order valence-electron chi connectivity index (χ3n) is 3.68. The number of carbonyl (C=O) groups excluding carboxylic acids is 1. The lowest BCUT2D eigenvalue weighted by molar-refractivity contribution is 0.243. The summed E-state index contributed by atoms with van der Waals surface area (Å²) < 4.78 is 0. The van der Waals surface area contributed by atoms with Gasteiger partial charge < -0.3 is 21.6 Å². The Bertz CT molecular complexity index is 522. The summed E-state index contributed by atoms with van der Waals surface area (Å²) in [7, 11) is 0. The minimum Gasteiger partial charge on any atom is -0.409 e. The fourth-order valence-corrected chi connectivity index (χ4v) is 2.62. The molecule has 2 rings (SSSR count). The number of nitrogens with zero attached hydrogens (tertiary/aromatic N) is 1. The number of oxime groups is 1. The Kier molecular flexibility index (Phi) is 4.12. The van der Waals surface area contributed by atoms with Crippen molar-refractivity contribution in [3.05, 3.63) is 29.8 Å². The predicted molar refractivity (Wildman–Crippen MR) is 77.9 cm³/mol. The van der Waals surface area contributed by atoms with Crippen molar-refractivity contribution in [2.75, 3.05) is 5.32 Å². The van der Waals surface area contributed by atoms with Gasteiger partial charge in [0.15, 0.2) is 5.84 Å². The molecule has 0 spiro atoms. The number of urea groups is 1. The molecule has 0 saturated heterocycles. The maximum atomic E-state index is 12.1. The summed E-state index contributed by atoms with van der Waals surface area (Å²) in [5.74, 6) is 0.0643. The highest BCUT2D eigenvalue weighted by molar-refractivity contribution is 5.97. The van der Waals surface area contributed by atoms with Gasteiger partial charge in [0.25, 0.3) is 0 Å². The molecule has 0 heterocycles. The lowest BCUT2D eigenvalue weighted by Crippen LogP contribution is -2.56. The fraction of sp³-hybridized carbons (Fsp3) is 0.429. The maximum Gasteiger partial charge on any atom is 0.320 e. The molecular weight excluding hydrogens is 256 g/mol. The fourth-order valence-electron chi connectivity index (χ4n) is 2.62. The Morgan fingerprint density at radius 1 is 1.40 bits per heavy atom. The monoisotopic (exact) mass is 276 g/mol. The number of anilines is 1. The molecule has 6 nitrogen and oxygen atoms in total. The summed E-state index contributed by atoms with van der Waals surface area (Å²) >= 11 is 0. The van der Waals surface area contributed by atoms with Gasteiger partial charge in [-0.3, -0.25) is 0 Å². The Balaban J connectivity index is 2.06. The first-order valence-corrected chi connectivity index (χ1v) is 6.69. The zero-order valence-corrected chi connectivity index (χ0v) is 11.5. The molecule has 0 atom stereocenters. The molecule has 108 valence electrons. The first-order valence-electron chi connectivity index (χ1n) is 6.69. The van der Waals surface area contributed by atoms with Gasteiger partial charge in [-0.05, 0) is 37.5 Å². The highest BCUT2D eigenvalue weighted by atomic mass is 16.4. The van der Waals surface area contributed by atoms with E-state index in [2.05, 4.69) is 15.8 Å². The van der Waals surface area contributed by atoms with Crippen LogP contribution in [0.3, 0.4) is 0 Å². The van der Waals surface area contributed by atoms with Crippen LogP contribution in [-0.4, -0.2) is 22.6 Å². The lowest BCUT2D eigenvalue weighted by atomic mass is 9.96. The molecule has 0 aliphatic heterocycles. The number of aryl methyl sites for hydroxylation is 1. The van der Waals surface area contributed by atoms with E-state index >= 15 is 0 Å². The second-order valence-corrected chi connectivity index (χ2v) is 5.22. The van der Waals surface area contributed by atoms with Crippen molar-refractivity contribution in [3.63, 3.8) is 0 Å². The van der Waals surface area contributed by atoms with E-state index in [-0.39, 0.29) is 11.9 Å². The van der Waals surface area contributed by atoms with Gasteiger partial charge in [-0.1, -0.05) is 30.1 Å². The van der Waals surface area contributed by atoms with Gasteiger partial charge in [0.2, 0.25) is 0 Å². The molecule has 5 N–H and O–H groups in total. The molecule has 1 aromatic rings. The Morgan fingerprint density at radius 2 is 2.10 bits per heavy atom. The number of hydrogen-bond acceptors (Lipinski definition) is 3. The van der Waals surface area contributed by atoms with E-state index in [0.717, 1.165) is 24.1 Å². The van der Waals surface area contributed by atoms with Crippen LogP contribution in [0.4, 0.5) is 10.5 Å². The summed E-state index contributed by atoms with van der Waals surface area (Å²) in [6, 6.07) is 7.18. The number of carbonyl (C=O) groups is 1. The second-order valence-electron chi connectivity index (χ2n) is 5.22. The summed E-state index contributed by atoms with van der Waals surface area (Å²) in [4.78, 5) is 12.1. The van der Waals surface area contributed by atoms with Crippen molar-refractivity contribution in [2.24, 2.45) is 10.9 Å². The van der Waals surface area contributed by atoms with Gasteiger partial charge in [0.1, 0.15) is 5.54 Å². The highest BCUT2D eigenvalue weighted by Crippen LogP contribution is 2.30. The zero-order valence-electron chi connectivity index (χ0n) is 11.5. The molecule has 6 heteroatoms. The summed E-state index contributed by atoms with van der Waals surface area (Å²) in [6.45, 7) is 1.96. The average Bonchev–Trinajstić information content (AvgIpc) is 2.87. The van der Waals surface area contributed by atoms with Gasteiger partial charge >= 0.3 is 6.03 Å². The van der Waals surface area contributed by atoms with Gasteiger partial charge in [-0.15, -0.1) is 0 Å². The van der Waals surface area contributed by atoms with Gasteiger partial charge in [0, 0.05) is 5.69 Å². The number of rotatable bonds is 3. The van der Waals surface area contributed by atoms with Crippen molar-refractivity contribution in [1.29, 1.82) is 0 Å². The van der Waals surface area contributed by atoms with Crippen LogP contribution in [0.15, 0.2) is 29.4 Å². The molecule has 0 bridgehead atoms. The van der Waals surface area contributed by atoms with Crippen LogP contribution in [-0.2, 0) is 0 Å². The molecule has 1 aliphatic carbocycles. The van der Waals surface area contributed by atoms with Crippen LogP contribution in [0.5, 0.6) is 0 Å². The van der Waals surface area contributed by atoms with E-state index in [1.165, 1.54) is 0 Å². The number of amides is 2. The lowest BCUT2D eigenvalue weighted by Gasteiger charge is -2.28. The summed E-state index contributed by atoms with van der Waals surface area (Å²) in [5, 5.41) is 17.6. The number of hydrogen-bond donors (Lipinski definition) is 4. The third kappa shape index (κ3) is 3.01. The van der Waals surface area contributed by atoms with Crippen LogP contribution in [0.2, 0.25) is 0 Å². The van der Waals surface area contributed by atoms with Crippen molar-refractivity contribution < 1.29 is 10.0 Å². The smallest absolute Gasteiger partial charge is 0.320 e. The molecule has 0 radical (unpaired) electrons. The van der Waals surface area contributed by atoms with E-state index in [1.54, 1.807) is 0 Å². The Morgan fingerprint density at radius 3 is 2.70 bits per heavy atom. The number of amidine groups is 1. The van der Waals surface area contributed by atoms with E-state index in [0.29, 0.717) is 12.8 Å². The van der Waals surface area contributed by atoms with E-state index in [4.69, 9.17) is 10.9 Å². The van der Waals surface area contributed by atoms with Gasteiger partial charge in [-0.25, -0.2) is 4.79 Å². The molecule has 1 aliphatic rings. The quantitative estimate of drug-likeness (QED) is 0.294. The predicted octanol–water partition coefficient (Wildman–Crippen LogP) is 2.18. The number of nitrogens with one attached hydrogen (secondary N) is 2. The molecule has 0 aromatic heterocycles. The molecular formula is C14H20N4O2. The van der Waals surface area contributed by atoms with Crippen LogP contribution < -0.4 is 16.4 Å². The minimum absolute atomic E-state index is 0.0643. The minimum atomic E-state index is -0.733. The summed E-state index contributed by atoms with van der Waals surface area (Å²) in [6.07, 6.45) is 3.26. The van der Waals surface area contributed by atoms with E-state index in [9.17, 15) is 4.79 Å². The largest absolute Gasteiger partial charge is 0.409 e. The molecule has 2 amide bonds. The van der Waals surface area contributed by atoms with Gasteiger partial charge in [-0.2, -0.15) is 0 Å². The van der Waals surface area contributed by atoms with Crippen LogP contribution >= 0.6 is 0 Å². The topological polar surface area (TPSA) is 99.7 Å². The first kappa shape index (κ1) is 14.2. The Labute approximate surface area is 118 Å². The van der Waals surface area contributed by atoms with Crippen molar-refractivity contribution in [3.8, 4) is 0 Å². The molecule has 1 aromatic carbocycles. The van der Waals surface area contributed by atoms with Crippen molar-refractivity contribution in [2.45, 2.75) is 38.1 Å². The molecule has 1 fully saturated rings. The standard InChI is InChI=1S/C14H20N4O2/c1-10-5-4-6-11(9-10)16-13(19)17-14(12(15)18-20)7-2-3-8-14/h4-6,9,20H,2-3,7-8H2,1H3,(H2,15,18)(H2,16,17,19). The highest BCUT2D eigenvalue weighted by Gasteiger charge is 2.39. The van der Waals surface area contributed by atoms with Crippen LogP contribution in [0, 0.1) is 6.92 Å². The summed E-state index contributed by atoms with van der Waals surface area (Å²) in [5.41, 5.74) is 6.79. The molecule has 20 heavy (non-hydrogen) atoms. The number of benzene rings is 1. The average molecular weight is 276 g/mol. The normalized spacial score (nSPS) is 17.8. The molecule has 1 saturated carbocycles. The van der Waals surface area contributed by atoms with E-state index in [1.807, 2.05) is 31.2 Å². The van der Waals surface area contributed by atoms with Gasteiger partial charge in [0.05, 0.1) is 0 Å². The van der Waals surface area contributed by atoms with Crippen molar-refractivity contribution >= 4 is 17.6 Å². The third-order valence-corrected chi connectivity index (χ3v) is 3.68. The SMILES string of the molecule is Cc1cccc(NC(=O)NC2(/C(N)=N/O)CCCC2)c1. The molecule has 0 unspecified atom stereocenters. The second kappa shape index (κ2) is 5.81. The zero-order chi connectivity index (χ0) is 14.6. The van der Waals surface area contributed by atoms with Crippen LogP contribution in [0.25, 0.3) is 0 Å². The van der Waals surface area contributed by atoms with Crippen molar-refractivity contribution in [1.82, 2.24) is 5.32 Å². The maximum absolute atomic E-state index is 12.1. The van der Waals surface area contributed by atoms with E-state index < -0.39 is 5.54 Å². The first-order chi connectivity index (χ1) is 9.55. The Hall–Kier alpha value is -2.24. The number of nitrogens with two attached hydrogens (primary N) is 1. The van der Waals surface area contributed by atoms with Crippen LogP contribution in [0.1, 0.15) is 31.2 Å².